The first-order valence-corrected chi connectivity index (χ1v) is 9.61. The summed E-state index contributed by atoms with van der Waals surface area (Å²) >= 11 is 0. The number of anilines is 1. The van der Waals surface area contributed by atoms with Gasteiger partial charge in [-0.3, -0.25) is 4.79 Å². The average Bonchev–Trinajstić information content (AvgIpc) is 2.59. The van der Waals surface area contributed by atoms with Gasteiger partial charge in [0.15, 0.2) is 0 Å². The minimum Gasteiger partial charge on any atom is -0.371 e. The van der Waals surface area contributed by atoms with Crippen molar-refractivity contribution < 1.29 is 13.2 Å². The number of hydrogen-bond donors (Lipinski definition) is 2. The van der Waals surface area contributed by atoms with Gasteiger partial charge in [-0.2, -0.15) is 0 Å². The molecule has 1 saturated heterocycles. The quantitative estimate of drug-likeness (QED) is 0.781. The van der Waals surface area contributed by atoms with E-state index in [9.17, 15) is 13.2 Å². The van der Waals surface area contributed by atoms with E-state index in [0.717, 1.165) is 35.9 Å². The summed E-state index contributed by atoms with van der Waals surface area (Å²) in [6.07, 6.45) is 3.32. The molecule has 2 rings (SSSR count). The van der Waals surface area contributed by atoms with Crippen molar-refractivity contribution in [1.82, 2.24) is 9.62 Å². The Morgan fingerprint density at radius 2 is 1.92 bits per heavy atom. The summed E-state index contributed by atoms with van der Waals surface area (Å²) in [5, 5.41) is 2.74. The van der Waals surface area contributed by atoms with Crippen LogP contribution < -0.4 is 16.0 Å². The lowest BCUT2D eigenvalue weighted by molar-refractivity contribution is 0.0955. The Morgan fingerprint density at radius 3 is 2.50 bits per heavy atom. The molecule has 0 spiro atoms. The van der Waals surface area contributed by atoms with Gasteiger partial charge in [0, 0.05) is 46.0 Å². The predicted octanol–water partition coefficient (Wildman–Crippen LogP) is 0.616. The molecule has 0 unspecified atom stereocenters. The Morgan fingerprint density at radius 1 is 1.25 bits per heavy atom. The molecule has 0 bridgehead atoms. The van der Waals surface area contributed by atoms with Crippen molar-refractivity contribution in [2.24, 2.45) is 5.73 Å². The van der Waals surface area contributed by atoms with Gasteiger partial charge < -0.3 is 16.0 Å². The molecule has 0 atom stereocenters. The highest BCUT2D eigenvalue weighted by Gasteiger charge is 2.23. The normalized spacial score (nSPS) is 15.6. The zero-order valence-electron chi connectivity index (χ0n) is 14.3. The van der Waals surface area contributed by atoms with Crippen molar-refractivity contribution in [1.29, 1.82) is 0 Å². The molecule has 1 heterocycles. The zero-order valence-corrected chi connectivity index (χ0v) is 15.1. The fourth-order valence-corrected chi connectivity index (χ4v) is 3.69. The topological polar surface area (TPSA) is 95.7 Å². The van der Waals surface area contributed by atoms with Crippen molar-refractivity contribution in [3.8, 4) is 0 Å². The maximum absolute atomic E-state index is 12.5. The summed E-state index contributed by atoms with van der Waals surface area (Å²) in [5.74, 6) is -0.295. The second kappa shape index (κ2) is 7.96. The predicted molar refractivity (Wildman–Crippen MR) is 94.8 cm³/mol. The van der Waals surface area contributed by atoms with E-state index in [1.165, 1.54) is 26.6 Å². The van der Waals surface area contributed by atoms with E-state index in [4.69, 9.17) is 5.73 Å². The lowest BCUT2D eigenvalue weighted by Gasteiger charge is -2.30. The van der Waals surface area contributed by atoms with Crippen LogP contribution in [0.1, 0.15) is 29.6 Å². The Labute approximate surface area is 143 Å². The largest absolute Gasteiger partial charge is 0.371 e. The lowest BCUT2D eigenvalue weighted by atomic mass is 10.1. The molecular formula is C16H26N4O3S. The van der Waals surface area contributed by atoms with Crippen LogP contribution in [0.15, 0.2) is 23.1 Å². The van der Waals surface area contributed by atoms with Crippen LogP contribution in [0, 0.1) is 0 Å². The van der Waals surface area contributed by atoms with Crippen LogP contribution in [0.5, 0.6) is 0 Å². The number of amides is 1. The summed E-state index contributed by atoms with van der Waals surface area (Å²) in [7, 11) is -0.642. The fourth-order valence-electron chi connectivity index (χ4n) is 2.76. The number of piperidine rings is 1. The van der Waals surface area contributed by atoms with E-state index < -0.39 is 10.0 Å². The summed E-state index contributed by atoms with van der Waals surface area (Å²) < 4.78 is 25.9. The fraction of sp³-hybridized carbons (Fsp3) is 0.562. The molecule has 24 heavy (non-hydrogen) atoms. The molecule has 0 aromatic heterocycles. The maximum Gasteiger partial charge on any atom is 0.253 e. The second-order valence-corrected chi connectivity index (χ2v) is 8.21. The Kier molecular flexibility index (Phi) is 6.20. The highest BCUT2D eigenvalue weighted by Crippen LogP contribution is 2.27. The first-order chi connectivity index (χ1) is 11.4. The van der Waals surface area contributed by atoms with Gasteiger partial charge in [0.05, 0.1) is 10.5 Å². The van der Waals surface area contributed by atoms with Gasteiger partial charge in [0.2, 0.25) is 10.0 Å². The molecule has 7 nitrogen and oxygen atoms in total. The van der Waals surface area contributed by atoms with Gasteiger partial charge in [0.25, 0.3) is 5.91 Å². The van der Waals surface area contributed by atoms with Crippen LogP contribution >= 0.6 is 0 Å². The maximum atomic E-state index is 12.5. The number of nitrogens with zero attached hydrogens (tertiary/aromatic N) is 2. The minimum absolute atomic E-state index is 0.117. The molecule has 1 fully saturated rings. The van der Waals surface area contributed by atoms with Crippen LogP contribution in [-0.4, -0.2) is 58.9 Å². The third-order valence-corrected chi connectivity index (χ3v) is 5.93. The van der Waals surface area contributed by atoms with Crippen molar-refractivity contribution in [2.75, 3.05) is 45.2 Å². The Balaban J connectivity index is 2.45. The average molecular weight is 354 g/mol. The van der Waals surface area contributed by atoms with E-state index in [1.807, 2.05) is 0 Å². The van der Waals surface area contributed by atoms with Gasteiger partial charge in [0.1, 0.15) is 0 Å². The van der Waals surface area contributed by atoms with Gasteiger partial charge in [-0.05, 0) is 37.5 Å². The molecule has 1 aliphatic heterocycles. The van der Waals surface area contributed by atoms with E-state index in [1.54, 1.807) is 12.1 Å². The molecular weight excluding hydrogens is 328 g/mol. The van der Waals surface area contributed by atoms with Crippen molar-refractivity contribution >= 4 is 21.6 Å². The molecule has 1 aliphatic rings. The molecule has 1 aromatic rings. The zero-order chi connectivity index (χ0) is 17.7. The number of nitrogens with two attached hydrogens (primary N) is 1. The summed E-state index contributed by atoms with van der Waals surface area (Å²) in [6.45, 7) is 2.43. The Hall–Kier alpha value is -1.64. The van der Waals surface area contributed by atoms with Crippen LogP contribution in [0.2, 0.25) is 0 Å². The number of carbonyl (C=O) groups is 1. The van der Waals surface area contributed by atoms with Crippen molar-refractivity contribution in [2.45, 2.75) is 24.2 Å². The monoisotopic (exact) mass is 354 g/mol. The van der Waals surface area contributed by atoms with Crippen LogP contribution in [0.3, 0.4) is 0 Å². The number of sulfonamides is 1. The van der Waals surface area contributed by atoms with E-state index in [0.29, 0.717) is 18.7 Å². The summed E-state index contributed by atoms with van der Waals surface area (Å²) in [4.78, 5) is 14.8. The van der Waals surface area contributed by atoms with Crippen molar-refractivity contribution in [3.05, 3.63) is 23.8 Å². The Bertz CT molecular complexity index is 683. The number of carbonyl (C=O) groups excluding carboxylic acids is 1. The van der Waals surface area contributed by atoms with Gasteiger partial charge in [-0.25, -0.2) is 12.7 Å². The highest BCUT2D eigenvalue weighted by molar-refractivity contribution is 7.89. The molecule has 1 aromatic carbocycles. The molecule has 8 heteroatoms. The van der Waals surface area contributed by atoms with E-state index in [-0.39, 0.29) is 10.8 Å². The number of rotatable bonds is 6. The molecule has 0 aliphatic carbocycles. The van der Waals surface area contributed by atoms with Gasteiger partial charge in [-0.1, -0.05) is 0 Å². The number of nitrogens with one attached hydrogen (secondary N) is 1. The van der Waals surface area contributed by atoms with E-state index in [2.05, 4.69) is 10.2 Å². The van der Waals surface area contributed by atoms with E-state index >= 15 is 0 Å². The van der Waals surface area contributed by atoms with Crippen LogP contribution in [-0.2, 0) is 10.0 Å². The third-order valence-electron chi connectivity index (χ3n) is 4.12. The summed E-state index contributed by atoms with van der Waals surface area (Å²) in [5.41, 5.74) is 6.61. The third kappa shape index (κ3) is 4.06. The van der Waals surface area contributed by atoms with Crippen LogP contribution in [0.4, 0.5) is 5.69 Å². The molecule has 0 radical (unpaired) electrons. The molecule has 0 saturated carbocycles. The second-order valence-electron chi connectivity index (χ2n) is 6.06. The molecule has 3 N–H and O–H groups in total. The first-order valence-electron chi connectivity index (χ1n) is 8.17. The smallest absolute Gasteiger partial charge is 0.253 e. The first kappa shape index (κ1) is 18.7. The van der Waals surface area contributed by atoms with Crippen molar-refractivity contribution in [3.63, 3.8) is 0 Å². The summed E-state index contributed by atoms with van der Waals surface area (Å²) in [6, 6.07) is 4.77. The standard InChI is InChI=1S/C16H26N4O3S/c1-19(2)24(22,23)13-6-7-15(20-10-4-3-5-11-20)14(12-13)16(21)18-9-8-17/h6-7,12H,3-5,8-11,17H2,1-2H3,(H,18,21). The van der Waals surface area contributed by atoms with Gasteiger partial charge >= 0.3 is 0 Å². The molecule has 134 valence electrons. The highest BCUT2D eigenvalue weighted by atomic mass is 32.2. The number of benzene rings is 1. The number of hydrogen-bond acceptors (Lipinski definition) is 5. The minimum atomic E-state index is -3.59. The van der Waals surface area contributed by atoms with Gasteiger partial charge in [-0.15, -0.1) is 0 Å². The van der Waals surface area contributed by atoms with Crippen LogP contribution in [0.25, 0.3) is 0 Å². The lowest BCUT2D eigenvalue weighted by Crippen LogP contribution is -2.34. The molecule has 1 amide bonds. The SMILES string of the molecule is CN(C)S(=O)(=O)c1ccc(N2CCCCC2)c(C(=O)NCCN)c1.